The number of esters is 1. The number of para-hydroxylation sites is 2. The number of anilines is 2. The second-order valence-electron chi connectivity index (χ2n) is 6.97. The molecule has 1 atom stereocenters. The van der Waals surface area contributed by atoms with Crippen molar-refractivity contribution in [3.63, 3.8) is 0 Å². The minimum atomic E-state index is -1.05. The number of carbonyl (C=O) groups is 3. The summed E-state index contributed by atoms with van der Waals surface area (Å²) in [6, 6.07) is 15.6. The number of carbonyl (C=O) groups excluding carboxylic acids is 3. The summed E-state index contributed by atoms with van der Waals surface area (Å²) in [5.41, 5.74) is 3.22. The zero-order valence-corrected chi connectivity index (χ0v) is 16.5. The van der Waals surface area contributed by atoms with Crippen LogP contribution in [0.3, 0.4) is 0 Å². The number of hydrogen-bond acceptors (Lipinski definition) is 5. The molecule has 0 bridgehead atoms. The number of rotatable bonds is 4. The Bertz CT molecular complexity index is 1120. The highest BCUT2D eigenvalue weighted by Crippen LogP contribution is 2.29. The molecule has 1 aliphatic rings. The van der Waals surface area contributed by atoms with Gasteiger partial charge in [-0.15, -0.1) is 0 Å². The van der Waals surface area contributed by atoms with Crippen LogP contribution in [-0.2, 0) is 14.3 Å². The molecule has 1 aromatic heterocycles. The van der Waals surface area contributed by atoms with E-state index in [1.165, 1.54) is 11.8 Å². The van der Waals surface area contributed by atoms with E-state index in [2.05, 4.69) is 10.4 Å². The average molecular weight is 404 g/mol. The maximum Gasteiger partial charge on any atom is 0.338 e. The third-order valence-corrected chi connectivity index (χ3v) is 4.85. The third kappa shape index (κ3) is 3.67. The lowest BCUT2D eigenvalue weighted by atomic mass is 10.1. The molecule has 0 saturated carbocycles. The molecule has 0 fully saturated rings. The van der Waals surface area contributed by atoms with E-state index in [1.54, 1.807) is 59.4 Å². The Morgan fingerprint density at radius 2 is 1.83 bits per heavy atom. The molecular weight excluding hydrogens is 384 g/mol. The molecule has 0 unspecified atom stereocenters. The molecule has 1 N–H and O–H groups in total. The number of ether oxygens (including phenoxy) is 1. The number of aryl methyl sites for hydroxylation is 1. The Morgan fingerprint density at radius 3 is 2.53 bits per heavy atom. The van der Waals surface area contributed by atoms with Crippen molar-refractivity contribution in [1.29, 1.82) is 0 Å². The third-order valence-electron chi connectivity index (χ3n) is 4.85. The molecule has 1 aliphatic heterocycles. The van der Waals surface area contributed by atoms with Crippen LogP contribution < -0.4 is 10.2 Å². The lowest BCUT2D eigenvalue weighted by Crippen LogP contribution is -2.47. The van der Waals surface area contributed by atoms with Crippen molar-refractivity contribution in [3.8, 4) is 5.69 Å². The van der Waals surface area contributed by atoms with Gasteiger partial charge in [-0.1, -0.05) is 12.1 Å². The standard InChI is InChI=1S/C22H20N4O4/c1-14-11-12-23-26(14)17-9-7-16(8-10-17)22(29)30-15(2)21(28)25-13-20(27)24-18-5-3-4-6-19(18)25/h3-12,15H,13H2,1-2H3,(H,24,27)/t15-/m1/s1. The quantitative estimate of drug-likeness (QED) is 0.675. The SMILES string of the molecule is Cc1ccnn1-c1ccc(C(=O)O[C@H](C)C(=O)N2CC(=O)Nc3ccccc32)cc1. The Morgan fingerprint density at radius 1 is 1.10 bits per heavy atom. The number of benzene rings is 2. The second-order valence-corrected chi connectivity index (χ2v) is 6.97. The summed E-state index contributed by atoms with van der Waals surface area (Å²) in [6.45, 7) is 3.30. The average Bonchev–Trinajstić information content (AvgIpc) is 3.18. The molecule has 2 heterocycles. The minimum Gasteiger partial charge on any atom is -0.449 e. The summed E-state index contributed by atoms with van der Waals surface area (Å²) >= 11 is 0. The van der Waals surface area contributed by atoms with E-state index in [9.17, 15) is 14.4 Å². The van der Waals surface area contributed by atoms with Gasteiger partial charge in [0.2, 0.25) is 5.91 Å². The van der Waals surface area contributed by atoms with E-state index in [4.69, 9.17) is 4.74 Å². The lowest BCUT2D eigenvalue weighted by molar-refractivity contribution is -0.128. The molecule has 2 amide bonds. The summed E-state index contributed by atoms with van der Waals surface area (Å²) in [4.78, 5) is 38.7. The first-order valence-electron chi connectivity index (χ1n) is 9.46. The van der Waals surface area contributed by atoms with E-state index < -0.39 is 18.0 Å². The number of aromatic nitrogens is 2. The normalized spacial score (nSPS) is 13.9. The van der Waals surface area contributed by atoms with Gasteiger partial charge in [-0.05, 0) is 56.3 Å². The van der Waals surface area contributed by atoms with Crippen molar-refractivity contribution in [3.05, 3.63) is 72.1 Å². The van der Waals surface area contributed by atoms with Crippen molar-refractivity contribution < 1.29 is 19.1 Å². The molecule has 8 nitrogen and oxygen atoms in total. The summed E-state index contributed by atoms with van der Waals surface area (Å²) in [7, 11) is 0. The van der Waals surface area contributed by atoms with Gasteiger partial charge < -0.3 is 10.1 Å². The highest BCUT2D eigenvalue weighted by molar-refractivity contribution is 6.11. The second kappa shape index (κ2) is 7.82. The van der Waals surface area contributed by atoms with Gasteiger partial charge in [-0.2, -0.15) is 5.10 Å². The number of amides is 2. The smallest absolute Gasteiger partial charge is 0.338 e. The Kier molecular flexibility index (Phi) is 5.05. The molecule has 0 aliphatic carbocycles. The monoisotopic (exact) mass is 404 g/mol. The highest BCUT2D eigenvalue weighted by Gasteiger charge is 2.31. The van der Waals surface area contributed by atoms with E-state index >= 15 is 0 Å². The van der Waals surface area contributed by atoms with Crippen LogP contribution in [-0.4, -0.2) is 40.2 Å². The Balaban J connectivity index is 1.47. The van der Waals surface area contributed by atoms with Crippen molar-refractivity contribution >= 4 is 29.2 Å². The molecular formula is C22H20N4O4. The number of nitrogens with one attached hydrogen (secondary N) is 1. The fourth-order valence-corrected chi connectivity index (χ4v) is 3.31. The number of hydrogen-bond donors (Lipinski definition) is 1. The van der Waals surface area contributed by atoms with Crippen molar-refractivity contribution in [1.82, 2.24) is 9.78 Å². The Labute approximate surface area is 173 Å². The first kappa shape index (κ1) is 19.4. The summed E-state index contributed by atoms with van der Waals surface area (Å²) in [5, 5.41) is 6.95. The topological polar surface area (TPSA) is 93.5 Å². The number of fused-ring (bicyclic) bond motifs is 1. The molecule has 4 rings (SSSR count). The summed E-state index contributed by atoms with van der Waals surface area (Å²) < 4.78 is 7.12. The minimum absolute atomic E-state index is 0.129. The fourth-order valence-electron chi connectivity index (χ4n) is 3.31. The molecule has 0 saturated heterocycles. The van der Waals surface area contributed by atoms with Crippen LogP contribution in [0.25, 0.3) is 5.69 Å². The molecule has 30 heavy (non-hydrogen) atoms. The van der Waals surface area contributed by atoms with E-state index in [0.29, 0.717) is 16.9 Å². The van der Waals surface area contributed by atoms with Crippen LogP contribution in [0.2, 0.25) is 0 Å². The van der Waals surface area contributed by atoms with Crippen molar-refractivity contribution in [2.24, 2.45) is 0 Å². The fraction of sp³-hybridized carbons (Fsp3) is 0.182. The van der Waals surface area contributed by atoms with Crippen LogP contribution in [0.15, 0.2) is 60.8 Å². The predicted molar refractivity (Wildman–Crippen MR) is 111 cm³/mol. The molecule has 152 valence electrons. The van der Waals surface area contributed by atoms with Crippen LogP contribution in [0.4, 0.5) is 11.4 Å². The van der Waals surface area contributed by atoms with Gasteiger partial charge >= 0.3 is 5.97 Å². The van der Waals surface area contributed by atoms with Gasteiger partial charge in [-0.25, -0.2) is 9.48 Å². The molecule has 2 aromatic carbocycles. The largest absolute Gasteiger partial charge is 0.449 e. The van der Waals surface area contributed by atoms with Gasteiger partial charge in [0, 0.05) is 11.9 Å². The summed E-state index contributed by atoms with van der Waals surface area (Å²) in [6.07, 6.45) is 0.647. The van der Waals surface area contributed by atoms with Gasteiger partial charge in [0.05, 0.1) is 22.6 Å². The van der Waals surface area contributed by atoms with Gasteiger partial charge in [0.1, 0.15) is 6.54 Å². The van der Waals surface area contributed by atoms with E-state index in [-0.39, 0.29) is 12.5 Å². The van der Waals surface area contributed by atoms with E-state index in [1.807, 2.05) is 13.0 Å². The maximum absolute atomic E-state index is 12.9. The summed E-state index contributed by atoms with van der Waals surface area (Å²) in [5.74, 6) is -1.38. The van der Waals surface area contributed by atoms with Gasteiger partial charge in [-0.3, -0.25) is 14.5 Å². The van der Waals surface area contributed by atoms with Crippen LogP contribution in [0.1, 0.15) is 23.0 Å². The molecule has 8 heteroatoms. The molecule has 3 aromatic rings. The van der Waals surface area contributed by atoms with Gasteiger partial charge in [0.25, 0.3) is 5.91 Å². The lowest BCUT2D eigenvalue weighted by Gasteiger charge is -2.30. The maximum atomic E-state index is 12.9. The van der Waals surface area contributed by atoms with E-state index in [0.717, 1.165) is 11.4 Å². The zero-order valence-electron chi connectivity index (χ0n) is 16.5. The predicted octanol–water partition coefficient (Wildman–Crippen LogP) is 2.71. The number of nitrogens with zero attached hydrogens (tertiary/aromatic N) is 3. The highest BCUT2D eigenvalue weighted by atomic mass is 16.5. The van der Waals surface area contributed by atoms with Gasteiger partial charge in [0.15, 0.2) is 6.10 Å². The van der Waals surface area contributed by atoms with Crippen LogP contribution in [0, 0.1) is 6.92 Å². The molecule has 0 spiro atoms. The zero-order chi connectivity index (χ0) is 21.3. The van der Waals surface area contributed by atoms with Crippen molar-refractivity contribution in [2.45, 2.75) is 20.0 Å². The first-order valence-corrected chi connectivity index (χ1v) is 9.46. The first-order chi connectivity index (χ1) is 14.4. The molecule has 0 radical (unpaired) electrons. The van der Waals surface area contributed by atoms with Crippen LogP contribution in [0.5, 0.6) is 0 Å². The van der Waals surface area contributed by atoms with Crippen molar-refractivity contribution in [2.75, 3.05) is 16.8 Å². The van der Waals surface area contributed by atoms with Crippen LogP contribution >= 0.6 is 0 Å². The Hall–Kier alpha value is -3.94.